The Bertz CT molecular complexity index is 356. The van der Waals surface area contributed by atoms with Gasteiger partial charge in [-0.15, -0.1) is 0 Å². The molecule has 0 radical (unpaired) electrons. The van der Waals surface area contributed by atoms with Crippen LogP contribution < -0.4 is 5.32 Å². The largest absolute Gasteiger partial charge is 0.394 e. The minimum absolute atomic E-state index is 0.138. The molecule has 1 aromatic rings. The van der Waals surface area contributed by atoms with Gasteiger partial charge in [0.25, 0.3) is 0 Å². The molecule has 4 nitrogen and oxygen atoms in total. The predicted molar refractivity (Wildman–Crippen MR) is 79.2 cm³/mol. The lowest BCUT2D eigenvalue weighted by Crippen LogP contribution is -2.55. The van der Waals surface area contributed by atoms with Crippen molar-refractivity contribution < 1.29 is 5.11 Å². The van der Waals surface area contributed by atoms with Crippen molar-refractivity contribution in [1.29, 1.82) is 0 Å². The number of aliphatic hydroxyl groups excluding tert-OH is 1. The van der Waals surface area contributed by atoms with Crippen LogP contribution in [0.25, 0.3) is 0 Å². The highest BCUT2D eigenvalue weighted by molar-refractivity contribution is 5.03. The summed E-state index contributed by atoms with van der Waals surface area (Å²) in [6.07, 6.45) is 2.76. The third-order valence-corrected chi connectivity index (χ3v) is 3.08. The van der Waals surface area contributed by atoms with Crippen molar-refractivity contribution in [3.8, 4) is 0 Å². The molecule has 1 unspecified atom stereocenters. The predicted octanol–water partition coefficient (Wildman–Crippen LogP) is 1.30. The van der Waals surface area contributed by atoms with E-state index in [-0.39, 0.29) is 12.1 Å². The Labute approximate surface area is 116 Å². The van der Waals surface area contributed by atoms with Gasteiger partial charge in [-0.2, -0.15) is 0 Å². The zero-order valence-electron chi connectivity index (χ0n) is 12.6. The van der Waals surface area contributed by atoms with Crippen LogP contribution in [0.1, 0.15) is 26.5 Å². The first-order valence-corrected chi connectivity index (χ1v) is 6.92. The normalized spacial score (nSPS) is 14.9. The smallest absolute Gasteiger partial charge is 0.0623 e. The van der Waals surface area contributed by atoms with Gasteiger partial charge >= 0.3 is 0 Å². The fourth-order valence-electron chi connectivity index (χ4n) is 2.36. The van der Waals surface area contributed by atoms with E-state index in [0.29, 0.717) is 6.04 Å². The molecular formula is C15H27N3O. The molecule has 4 heteroatoms. The molecule has 1 heterocycles. The Kier molecular flexibility index (Phi) is 6.42. The van der Waals surface area contributed by atoms with Crippen LogP contribution in [-0.4, -0.2) is 53.3 Å². The van der Waals surface area contributed by atoms with Crippen LogP contribution in [0.15, 0.2) is 24.4 Å². The summed E-state index contributed by atoms with van der Waals surface area (Å²) in [5, 5.41) is 13.0. The minimum Gasteiger partial charge on any atom is -0.394 e. The summed E-state index contributed by atoms with van der Waals surface area (Å²) in [5.41, 5.74) is 0.851. The van der Waals surface area contributed by atoms with E-state index in [9.17, 15) is 5.11 Å². The molecule has 108 valence electrons. The fourth-order valence-corrected chi connectivity index (χ4v) is 2.36. The first-order valence-electron chi connectivity index (χ1n) is 6.92. The van der Waals surface area contributed by atoms with Gasteiger partial charge < -0.3 is 15.3 Å². The second-order valence-electron chi connectivity index (χ2n) is 5.83. The fraction of sp³-hybridized carbons (Fsp3) is 0.667. The van der Waals surface area contributed by atoms with Gasteiger partial charge in [-0.05, 0) is 26.1 Å². The molecule has 1 rings (SSSR count). The standard InChI is InChI=1S/C15H27N3O/c1-13(2)17-15(3,12-19)11-18(4)10-8-14-7-5-6-9-16-14/h5-7,9,13,17,19H,8,10-12H2,1-4H3. The number of hydrogen-bond acceptors (Lipinski definition) is 4. The van der Waals surface area contributed by atoms with E-state index in [1.165, 1.54) is 0 Å². The molecule has 2 N–H and O–H groups in total. The second-order valence-corrected chi connectivity index (χ2v) is 5.83. The molecule has 0 saturated heterocycles. The quantitative estimate of drug-likeness (QED) is 0.744. The summed E-state index contributed by atoms with van der Waals surface area (Å²) < 4.78 is 0. The lowest BCUT2D eigenvalue weighted by molar-refractivity contribution is 0.125. The third kappa shape index (κ3) is 6.14. The summed E-state index contributed by atoms with van der Waals surface area (Å²) in [4.78, 5) is 6.56. The lowest BCUT2D eigenvalue weighted by Gasteiger charge is -2.35. The van der Waals surface area contributed by atoms with Gasteiger partial charge in [0, 0.05) is 37.4 Å². The number of nitrogens with one attached hydrogen (secondary N) is 1. The Morgan fingerprint density at radius 1 is 1.42 bits per heavy atom. The minimum atomic E-state index is -0.257. The van der Waals surface area contributed by atoms with E-state index in [1.54, 1.807) is 0 Å². The number of pyridine rings is 1. The zero-order valence-corrected chi connectivity index (χ0v) is 12.6. The summed E-state index contributed by atoms with van der Waals surface area (Å²) >= 11 is 0. The van der Waals surface area contributed by atoms with Crippen LogP contribution >= 0.6 is 0 Å². The Balaban J connectivity index is 2.43. The van der Waals surface area contributed by atoms with Crippen LogP contribution in [0.5, 0.6) is 0 Å². The molecule has 1 aromatic heterocycles. The van der Waals surface area contributed by atoms with Crippen molar-refractivity contribution in [3.05, 3.63) is 30.1 Å². The van der Waals surface area contributed by atoms with Crippen LogP contribution in [-0.2, 0) is 6.42 Å². The Morgan fingerprint density at radius 2 is 2.16 bits per heavy atom. The van der Waals surface area contributed by atoms with Gasteiger partial charge in [0.1, 0.15) is 0 Å². The van der Waals surface area contributed by atoms with Crippen LogP contribution in [0, 0.1) is 0 Å². The van der Waals surface area contributed by atoms with E-state index in [2.05, 4.69) is 43.0 Å². The van der Waals surface area contributed by atoms with Crippen molar-refractivity contribution in [2.75, 3.05) is 26.7 Å². The maximum Gasteiger partial charge on any atom is 0.0623 e. The SMILES string of the molecule is CC(C)NC(C)(CO)CN(C)CCc1ccccn1. The van der Waals surface area contributed by atoms with Crippen molar-refractivity contribution in [1.82, 2.24) is 15.2 Å². The maximum atomic E-state index is 9.57. The molecule has 0 aliphatic carbocycles. The topological polar surface area (TPSA) is 48.4 Å². The first kappa shape index (κ1) is 16.1. The molecule has 0 aromatic carbocycles. The molecular weight excluding hydrogens is 238 g/mol. The molecule has 1 atom stereocenters. The van der Waals surface area contributed by atoms with Crippen LogP contribution in [0.3, 0.4) is 0 Å². The van der Waals surface area contributed by atoms with Gasteiger partial charge in [0.15, 0.2) is 0 Å². The highest BCUT2D eigenvalue weighted by Gasteiger charge is 2.25. The third-order valence-electron chi connectivity index (χ3n) is 3.08. The lowest BCUT2D eigenvalue weighted by atomic mass is 10.0. The van der Waals surface area contributed by atoms with E-state index < -0.39 is 0 Å². The maximum absolute atomic E-state index is 9.57. The molecule has 0 amide bonds. The molecule has 0 bridgehead atoms. The van der Waals surface area contributed by atoms with E-state index in [1.807, 2.05) is 24.4 Å². The van der Waals surface area contributed by atoms with Crippen molar-refractivity contribution in [2.24, 2.45) is 0 Å². The molecule has 0 fully saturated rings. The van der Waals surface area contributed by atoms with E-state index >= 15 is 0 Å². The Hall–Kier alpha value is -0.970. The number of nitrogens with zero attached hydrogens (tertiary/aromatic N) is 2. The van der Waals surface area contributed by atoms with Gasteiger partial charge in [-0.25, -0.2) is 0 Å². The molecule has 0 aliphatic heterocycles. The highest BCUT2D eigenvalue weighted by Crippen LogP contribution is 2.07. The number of rotatable bonds is 8. The molecule has 0 aliphatic rings. The van der Waals surface area contributed by atoms with E-state index in [4.69, 9.17) is 0 Å². The molecule has 0 spiro atoms. The zero-order chi connectivity index (χ0) is 14.3. The second kappa shape index (κ2) is 7.58. The average molecular weight is 265 g/mol. The van der Waals surface area contributed by atoms with Gasteiger partial charge in [-0.3, -0.25) is 4.98 Å². The van der Waals surface area contributed by atoms with E-state index in [0.717, 1.165) is 25.2 Å². The van der Waals surface area contributed by atoms with Crippen LogP contribution in [0.4, 0.5) is 0 Å². The van der Waals surface area contributed by atoms with Crippen molar-refractivity contribution in [2.45, 2.75) is 38.8 Å². The Morgan fingerprint density at radius 3 is 2.68 bits per heavy atom. The summed E-state index contributed by atoms with van der Waals surface area (Å²) in [5.74, 6) is 0. The molecule has 19 heavy (non-hydrogen) atoms. The number of likely N-dealkylation sites (N-methyl/N-ethyl adjacent to an activating group) is 1. The number of aliphatic hydroxyl groups is 1. The molecule has 0 saturated carbocycles. The van der Waals surface area contributed by atoms with Crippen molar-refractivity contribution >= 4 is 0 Å². The summed E-state index contributed by atoms with van der Waals surface area (Å²) in [7, 11) is 2.08. The average Bonchev–Trinajstić information content (AvgIpc) is 2.36. The van der Waals surface area contributed by atoms with Gasteiger partial charge in [0.05, 0.1) is 12.1 Å². The first-order chi connectivity index (χ1) is 8.95. The highest BCUT2D eigenvalue weighted by atomic mass is 16.3. The summed E-state index contributed by atoms with van der Waals surface area (Å²) in [6, 6.07) is 6.36. The summed E-state index contributed by atoms with van der Waals surface area (Å²) in [6.45, 7) is 8.15. The number of aromatic nitrogens is 1. The monoisotopic (exact) mass is 265 g/mol. The van der Waals surface area contributed by atoms with Crippen LogP contribution in [0.2, 0.25) is 0 Å². The van der Waals surface area contributed by atoms with Gasteiger partial charge in [0.2, 0.25) is 0 Å². The number of hydrogen-bond donors (Lipinski definition) is 2. The van der Waals surface area contributed by atoms with Crippen molar-refractivity contribution in [3.63, 3.8) is 0 Å². The van der Waals surface area contributed by atoms with Gasteiger partial charge in [-0.1, -0.05) is 19.9 Å².